The van der Waals surface area contributed by atoms with Crippen LogP contribution in [0.5, 0.6) is 0 Å². The summed E-state index contributed by atoms with van der Waals surface area (Å²) in [6.45, 7) is 16.6. The zero-order chi connectivity index (χ0) is 42.9. The smallest absolute Gasteiger partial charge is 0.0714 e. The maximum atomic E-state index is 2.53. The number of rotatable bonds is 7. The molecule has 10 rings (SSSR count). The molecular formula is C61H57N. The quantitative estimate of drug-likeness (QED) is 0.155. The molecule has 0 radical (unpaired) electrons. The third-order valence-electron chi connectivity index (χ3n) is 14.2. The van der Waals surface area contributed by atoms with E-state index in [0.29, 0.717) is 0 Å². The summed E-state index contributed by atoms with van der Waals surface area (Å²) in [5, 5.41) is 0. The van der Waals surface area contributed by atoms with Crippen molar-refractivity contribution in [3.8, 4) is 33.4 Å². The third-order valence-corrected chi connectivity index (χ3v) is 14.2. The zero-order valence-electron chi connectivity index (χ0n) is 37.3. The van der Waals surface area contributed by atoms with Crippen molar-refractivity contribution >= 4 is 17.1 Å². The van der Waals surface area contributed by atoms with E-state index in [9.17, 15) is 0 Å². The standard InChI is InChI=1S/C61H57N/c1-58(2,3)44-34-36-48(37-35-44)62(47-24-15-10-16-25-47)56-41-55-52(50-26-17-18-28-53(50)61(55,45-20-11-8-12-21-45)46-22-13-9-14-23-46)40-51(56)43-32-30-42(31-33-43)49-27-19-29-54-57(49)60(6,7)39-38-59(54,4)5/h8-37,40-41H,38-39H2,1-7H3. The molecule has 0 unspecified atom stereocenters. The maximum absolute atomic E-state index is 2.53. The predicted molar refractivity (Wildman–Crippen MR) is 263 cm³/mol. The number of fused-ring (bicyclic) bond motifs is 4. The van der Waals surface area contributed by atoms with Gasteiger partial charge in [-0.15, -0.1) is 0 Å². The maximum Gasteiger partial charge on any atom is 0.0714 e. The third kappa shape index (κ3) is 6.44. The molecule has 0 heterocycles. The number of anilines is 3. The van der Waals surface area contributed by atoms with E-state index in [-0.39, 0.29) is 16.2 Å². The summed E-state index contributed by atoms with van der Waals surface area (Å²) in [5.74, 6) is 0. The molecule has 8 aromatic rings. The van der Waals surface area contributed by atoms with Crippen LogP contribution in [0.1, 0.15) is 100 Å². The second-order valence-electron chi connectivity index (χ2n) is 20.0. The Morgan fingerprint density at radius 3 is 1.52 bits per heavy atom. The first kappa shape index (κ1) is 39.7. The van der Waals surface area contributed by atoms with Crippen LogP contribution in [0, 0.1) is 0 Å². The van der Waals surface area contributed by atoms with Crippen LogP contribution in [-0.4, -0.2) is 0 Å². The van der Waals surface area contributed by atoms with Crippen molar-refractivity contribution in [3.05, 3.63) is 233 Å². The number of hydrogen-bond donors (Lipinski definition) is 0. The summed E-state index contributed by atoms with van der Waals surface area (Å²) in [6, 6.07) is 73.1. The Labute approximate surface area is 369 Å². The molecule has 62 heavy (non-hydrogen) atoms. The van der Waals surface area contributed by atoms with Gasteiger partial charge in [-0.05, 0) is 132 Å². The summed E-state index contributed by atoms with van der Waals surface area (Å²) in [6.07, 6.45) is 2.38. The molecular weight excluding hydrogens is 747 g/mol. The topological polar surface area (TPSA) is 3.24 Å². The average molecular weight is 804 g/mol. The number of para-hydroxylation sites is 1. The van der Waals surface area contributed by atoms with Gasteiger partial charge in [0.25, 0.3) is 0 Å². The van der Waals surface area contributed by atoms with Gasteiger partial charge in [-0.1, -0.05) is 206 Å². The summed E-state index contributed by atoms with van der Waals surface area (Å²) in [4.78, 5) is 2.48. The van der Waals surface area contributed by atoms with Crippen LogP contribution < -0.4 is 4.90 Å². The Hall–Kier alpha value is -6.44. The molecule has 0 atom stereocenters. The van der Waals surface area contributed by atoms with Crippen LogP contribution in [0.3, 0.4) is 0 Å². The highest BCUT2D eigenvalue weighted by Gasteiger charge is 2.47. The van der Waals surface area contributed by atoms with Crippen molar-refractivity contribution < 1.29 is 0 Å². The number of nitrogens with zero attached hydrogens (tertiary/aromatic N) is 1. The molecule has 0 aliphatic heterocycles. The Kier molecular flexibility index (Phi) is 9.52. The van der Waals surface area contributed by atoms with Crippen LogP contribution in [0.4, 0.5) is 17.1 Å². The number of hydrogen-bond acceptors (Lipinski definition) is 1. The van der Waals surface area contributed by atoms with E-state index in [2.05, 4.69) is 247 Å². The summed E-state index contributed by atoms with van der Waals surface area (Å²) in [5.41, 5.74) is 20.2. The number of benzene rings is 8. The van der Waals surface area contributed by atoms with Crippen LogP contribution in [0.2, 0.25) is 0 Å². The Morgan fingerprint density at radius 2 is 0.903 bits per heavy atom. The highest BCUT2D eigenvalue weighted by molar-refractivity contribution is 5.97. The molecule has 0 N–H and O–H groups in total. The van der Waals surface area contributed by atoms with Gasteiger partial charge in [0.2, 0.25) is 0 Å². The molecule has 8 aromatic carbocycles. The fraction of sp³-hybridized carbons (Fsp3) is 0.213. The fourth-order valence-corrected chi connectivity index (χ4v) is 10.8. The normalized spacial score (nSPS) is 15.6. The first-order valence-corrected chi connectivity index (χ1v) is 22.5. The lowest BCUT2D eigenvalue weighted by molar-refractivity contribution is 0.333. The average Bonchev–Trinajstić information content (AvgIpc) is 3.58. The van der Waals surface area contributed by atoms with Crippen LogP contribution in [-0.2, 0) is 21.7 Å². The molecule has 0 saturated heterocycles. The van der Waals surface area contributed by atoms with E-state index in [4.69, 9.17) is 0 Å². The van der Waals surface area contributed by atoms with E-state index in [1.54, 1.807) is 0 Å². The van der Waals surface area contributed by atoms with Crippen LogP contribution >= 0.6 is 0 Å². The fourth-order valence-electron chi connectivity index (χ4n) is 10.8. The molecule has 0 amide bonds. The van der Waals surface area contributed by atoms with Crippen molar-refractivity contribution in [1.82, 2.24) is 0 Å². The highest BCUT2D eigenvalue weighted by atomic mass is 15.1. The predicted octanol–water partition coefficient (Wildman–Crippen LogP) is 16.5. The largest absolute Gasteiger partial charge is 0.310 e. The van der Waals surface area contributed by atoms with Gasteiger partial charge in [0.05, 0.1) is 11.1 Å². The van der Waals surface area contributed by atoms with E-state index < -0.39 is 5.41 Å². The van der Waals surface area contributed by atoms with Gasteiger partial charge in [-0.25, -0.2) is 0 Å². The Balaban J connectivity index is 1.26. The van der Waals surface area contributed by atoms with Gasteiger partial charge in [-0.2, -0.15) is 0 Å². The monoisotopic (exact) mass is 803 g/mol. The lowest BCUT2D eigenvalue weighted by Crippen LogP contribution is -2.34. The lowest BCUT2D eigenvalue weighted by Gasteiger charge is -2.43. The summed E-state index contributed by atoms with van der Waals surface area (Å²) in [7, 11) is 0. The van der Waals surface area contributed by atoms with Crippen molar-refractivity contribution in [2.45, 2.75) is 83.0 Å². The van der Waals surface area contributed by atoms with Crippen molar-refractivity contribution in [3.63, 3.8) is 0 Å². The molecule has 0 aromatic heterocycles. The van der Waals surface area contributed by atoms with E-state index >= 15 is 0 Å². The minimum atomic E-state index is -0.531. The van der Waals surface area contributed by atoms with Gasteiger partial charge in [0.1, 0.15) is 0 Å². The van der Waals surface area contributed by atoms with Gasteiger partial charge in [0.15, 0.2) is 0 Å². The summed E-state index contributed by atoms with van der Waals surface area (Å²) < 4.78 is 0. The van der Waals surface area contributed by atoms with E-state index in [1.165, 1.54) is 85.2 Å². The molecule has 306 valence electrons. The molecule has 0 fully saturated rings. The molecule has 0 saturated carbocycles. The minimum absolute atomic E-state index is 0.0380. The molecule has 2 aliphatic rings. The second-order valence-corrected chi connectivity index (χ2v) is 20.0. The van der Waals surface area contributed by atoms with Gasteiger partial charge in [0, 0.05) is 16.9 Å². The van der Waals surface area contributed by atoms with Gasteiger partial charge < -0.3 is 4.90 Å². The molecule has 0 bridgehead atoms. The van der Waals surface area contributed by atoms with Crippen molar-refractivity contribution in [2.24, 2.45) is 0 Å². The van der Waals surface area contributed by atoms with Crippen molar-refractivity contribution in [1.29, 1.82) is 0 Å². The van der Waals surface area contributed by atoms with Crippen LogP contribution in [0.25, 0.3) is 33.4 Å². The first-order valence-electron chi connectivity index (χ1n) is 22.5. The zero-order valence-corrected chi connectivity index (χ0v) is 37.3. The molecule has 1 nitrogen and oxygen atoms in total. The minimum Gasteiger partial charge on any atom is -0.310 e. The first-order chi connectivity index (χ1) is 29.9. The molecule has 2 aliphatic carbocycles. The second kappa shape index (κ2) is 14.9. The van der Waals surface area contributed by atoms with Crippen molar-refractivity contribution in [2.75, 3.05) is 4.90 Å². The van der Waals surface area contributed by atoms with E-state index in [1.807, 2.05) is 0 Å². The highest BCUT2D eigenvalue weighted by Crippen LogP contribution is 2.59. The lowest BCUT2D eigenvalue weighted by atomic mass is 9.61. The Morgan fingerprint density at radius 1 is 0.403 bits per heavy atom. The SMILES string of the molecule is CC(C)(C)c1ccc(N(c2ccccc2)c2cc3c(cc2-c2ccc(-c4cccc5c4C(C)(C)CCC5(C)C)cc2)-c2ccccc2C3(c2ccccc2)c2ccccc2)cc1. The van der Waals surface area contributed by atoms with Gasteiger partial charge >= 0.3 is 0 Å². The Bertz CT molecular complexity index is 2850. The van der Waals surface area contributed by atoms with E-state index in [0.717, 1.165) is 17.1 Å². The molecule has 1 heteroatoms. The van der Waals surface area contributed by atoms with Crippen LogP contribution in [0.15, 0.2) is 194 Å². The summed E-state index contributed by atoms with van der Waals surface area (Å²) >= 11 is 0. The van der Waals surface area contributed by atoms with Gasteiger partial charge in [-0.3, -0.25) is 0 Å². The molecule has 0 spiro atoms.